The molecule has 1 aliphatic rings. The van der Waals surface area contributed by atoms with Gasteiger partial charge in [0.15, 0.2) is 5.13 Å². The number of benzene rings is 2. The third-order valence-corrected chi connectivity index (χ3v) is 8.52. The lowest BCUT2D eigenvalue weighted by Gasteiger charge is -2.23. The van der Waals surface area contributed by atoms with Crippen LogP contribution in [0.4, 0.5) is 5.13 Å². The number of carbonyl (C=O) groups is 1. The third-order valence-electron chi connectivity index (χ3n) is 5.68. The van der Waals surface area contributed by atoms with E-state index in [-0.39, 0.29) is 16.8 Å². The van der Waals surface area contributed by atoms with Crippen LogP contribution in [0.2, 0.25) is 0 Å². The molecule has 4 rings (SSSR count). The highest BCUT2D eigenvalue weighted by atomic mass is 32.2. The van der Waals surface area contributed by atoms with E-state index in [1.165, 1.54) is 27.8 Å². The molecule has 0 bridgehead atoms. The number of nitrogens with zero attached hydrogens (tertiary/aromatic N) is 2. The molecule has 0 unspecified atom stereocenters. The number of hydrogen-bond donors (Lipinski definition) is 1. The third kappa shape index (κ3) is 3.99. The summed E-state index contributed by atoms with van der Waals surface area (Å²) in [6.07, 6.45) is 3.93. The molecule has 2 aromatic carbocycles. The molecule has 1 fully saturated rings. The second-order valence-electron chi connectivity index (χ2n) is 7.89. The molecule has 0 saturated heterocycles. The molecule has 0 atom stereocenters. The van der Waals surface area contributed by atoms with Crippen molar-refractivity contribution in [2.75, 3.05) is 12.4 Å². The van der Waals surface area contributed by atoms with Crippen LogP contribution in [0.5, 0.6) is 0 Å². The SMILES string of the molecule is Cc1cc(C)c2nc(NC(=O)c3ccc(S(=O)(=O)N(C)C4CCCC4)cc3)sc2c1. The lowest BCUT2D eigenvalue weighted by molar-refractivity contribution is 0.102. The average Bonchev–Trinajstić information content (AvgIpc) is 3.37. The highest BCUT2D eigenvalue weighted by Crippen LogP contribution is 2.30. The molecule has 0 radical (unpaired) electrons. The summed E-state index contributed by atoms with van der Waals surface area (Å²) in [4.78, 5) is 17.4. The van der Waals surface area contributed by atoms with Crippen LogP contribution in [0.15, 0.2) is 41.3 Å². The van der Waals surface area contributed by atoms with Gasteiger partial charge in [-0.05, 0) is 68.1 Å². The van der Waals surface area contributed by atoms with Gasteiger partial charge in [0.05, 0.1) is 15.1 Å². The van der Waals surface area contributed by atoms with Crippen LogP contribution in [0.25, 0.3) is 10.2 Å². The van der Waals surface area contributed by atoms with Crippen LogP contribution in [-0.4, -0.2) is 36.7 Å². The maximum absolute atomic E-state index is 12.9. The number of sulfonamides is 1. The number of thiazole rings is 1. The summed E-state index contributed by atoms with van der Waals surface area (Å²) in [5, 5.41) is 3.36. The zero-order chi connectivity index (χ0) is 21.5. The predicted molar refractivity (Wildman–Crippen MR) is 121 cm³/mol. The molecule has 1 N–H and O–H groups in total. The molecule has 1 aromatic heterocycles. The average molecular weight is 444 g/mol. The number of amides is 1. The topological polar surface area (TPSA) is 79.4 Å². The van der Waals surface area contributed by atoms with Crippen molar-refractivity contribution in [1.82, 2.24) is 9.29 Å². The van der Waals surface area contributed by atoms with Gasteiger partial charge in [0.2, 0.25) is 10.0 Å². The van der Waals surface area contributed by atoms with Gasteiger partial charge < -0.3 is 0 Å². The molecule has 6 nitrogen and oxygen atoms in total. The monoisotopic (exact) mass is 443 g/mol. The number of aryl methyl sites for hydroxylation is 2. The van der Waals surface area contributed by atoms with Gasteiger partial charge in [-0.1, -0.05) is 30.2 Å². The smallest absolute Gasteiger partial charge is 0.257 e. The predicted octanol–water partition coefficient (Wildman–Crippen LogP) is 4.73. The first-order valence-electron chi connectivity index (χ1n) is 10.0. The van der Waals surface area contributed by atoms with E-state index in [9.17, 15) is 13.2 Å². The Morgan fingerprint density at radius 2 is 1.80 bits per heavy atom. The fourth-order valence-corrected chi connectivity index (χ4v) is 6.45. The first-order valence-corrected chi connectivity index (χ1v) is 12.3. The minimum atomic E-state index is -3.56. The second-order valence-corrected chi connectivity index (χ2v) is 10.9. The van der Waals surface area contributed by atoms with E-state index in [4.69, 9.17) is 0 Å². The van der Waals surface area contributed by atoms with Crippen molar-refractivity contribution in [3.8, 4) is 0 Å². The fourth-order valence-electron chi connectivity index (χ4n) is 4.00. The molecule has 3 aromatic rings. The van der Waals surface area contributed by atoms with E-state index in [2.05, 4.69) is 22.4 Å². The summed E-state index contributed by atoms with van der Waals surface area (Å²) < 4.78 is 28.2. The van der Waals surface area contributed by atoms with E-state index in [1.807, 2.05) is 13.8 Å². The van der Waals surface area contributed by atoms with Crippen LogP contribution in [0.3, 0.4) is 0 Å². The molecule has 0 aliphatic heterocycles. The van der Waals surface area contributed by atoms with Crippen molar-refractivity contribution in [1.29, 1.82) is 0 Å². The van der Waals surface area contributed by atoms with Gasteiger partial charge in [-0.2, -0.15) is 4.31 Å². The Hall–Kier alpha value is -2.29. The molecular formula is C22H25N3O3S2. The fraction of sp³-hybridized carbons (Fsp3) is 0.364. The Bertz CT molecular complexity index is 1190. The van der Waals surface area contributed by atoms with Gasteiger partial charge in [-0.3, -0.25) is 10.1 Å². The first-order chi connectivity index (χ1) is 14.3. The number of fused-ring (bicyclic) bond motifs is 1. The van der Waals surface area contributed by atoms with Crippen molar-refractivity contribution in [3.63, 3.8) is 0 Å². The van der Waals surface area contributed by atoms with Crippen molar-refractivity contribution in [2.45, 2.75) is 50.5 Å². The van der Waals surface area contributed by atoms with Gasteiger partial charge in [0.1, 0.15) is 0 Å². The van der Waals surface area contributed by atoms with Crippen LogP contribution in [0.1, 0.15) is 47.2 Å². The normalized spacial score (nSPS) is 15.2. The zero-order valence-electron chi connectivity index (χ0n) is 17.3. The standard InChI is InChI=1S/C22H25N3O3S2/c1-14-12-15(2)20-19(13-14)29-22(23-20)24-21(26)16-8-10-18(11-9-16)30(27,28)25(3)17-6-4-5-7-17/h8-13,17H,4-7H2,1-3H3,(H,23,24,26). The molecule has 1 heterocycles. The summed E-state index contributed by atoms with van der Waals surface area (Å²) in [6.45, 7) is 4.03. The second kappa shape index (κ2) is 8.09. The maximum atomic E-state index is 12.9. The first kappa shape index (κ1) is 21.0. The van der Waals surface area contributed by atoms with Crippen LogP contribution in [0, 0.1) is 13.8 Å². The summed E-state index contributed by atoms with van der Waals surface area (Å²) in [5.41, 5.74) is 3.51. The van der Waals surface area contributed by atoms with E-state index in [0.717, 1.165) is 47.0 Å². The number of rotatable bonds is 5. The highest BCUT2D eigenvalue weighted by molar-refractivity contribution is 7.89. The van der Waals surface area contributed by atoms with Crippen molar-refractivity contribution >= 4 is 42.6 Å². The minimum absolute atomic E-state index is 0.0594. The zero-order valence-corrected chi connectivity index (χ0v) is 18.9. The summed E-state index contributed by atoms with van der Waals surface area (Å²) >= 11 is 1.43. The van der Waals surface area contributed by atoms with Crippen molar-refractivity contribution < 1.29 is 13.2 Å². The van der Waals surface area contributed by atoms with Gasteiger partial charge >= 0.3 is 0 Å². The quantitative estimate of drug-likeness (QED) is 0.618. The molecule has 30 heavy (non-hydrogen) atoms. The minimum Gasteiger partial charge on any atom is -0.298 e. The lowest BCUT2D eigenvalue weighted by Crippen LogP contribution is -2.35. The van der Waals surface area contributed by atoms with E-state index in [0.29, 0.717) is 10.7 Å². The lowest BCUT2D eigenvalue weighted by atomic mass is 10.1. The van der Waals surface area contributed by atoms with Crippen molar-refractivity contribution in [3.05, 3.63) is 53.1 Å². The van der Waals surface area contributed by atoms with Gasteiger partial charge in [-0.15, -0.1) is 0 Å². The number of aromatic nitrogens is 1. The summed E-state index contributed by atoms with van der Waals surface area (Å²) in [6, 6.07) is 10.3. The Kier molecular flexibility index (Phi) is 5.65. The molecule has 8 heteroatoms. The Morgan fingerprint density at radius 3 is 2.47 bits per heavy atom. The molecule has 1 amide bonds. The van der Waals surface area contributed by atoms with E-state index >= 15 is 0 Å². The van der Waals surface area contributed by atoms with Crippen molar-refractivity contribution in [2.24, 2.45) is 0 Å². The molecule has 158 valence electrons. The number of nitrogens with one attached hydrogen (secondary N) is 1. The molecule has 0 spiro atoms. The number of anilines is 1. The van der Waals surface area contributed by atoms with Gasteiger partial charge in [0.25, 0.3) is 5.91 Å². The van der Waals surface area contributed by atoms with Gasteiger partial charge in [0, 0.05) is 18.7 Å². The number of carbonyl (C=O) groups excluding carboxylic acids is 1. The molecule has 1 saturated carbocycles. The van der Waals surface area contributed by atoms with Crippen LogP contribution in [-0.2, 0) is 10.0 Å². The van der Waals surface area contributed by atoms with E-state index in [1.54, 1.807) is 19.2 Å². The van der Waals surface area contributed by atoms with Crippen LogP contribution < -0.4 is 5.32 Å². The summed E-state index contributed by atoms with van der Waals surface area (Å²) in [7, 11) is -1.92. The Labute approximate surface area is 181 Å². The molecular weight excluding hydrogens is 418 g/mol. The Balaban J connectivity index is 1.51. The Morgan fingerprint density at radius 1 is 1.13 bits per heavy atom. The van der Waals surface area contributed by atoms with E-state index < -0.39 is 10.0 Å². The largest absolute Gasteiger partial charge is 0.298 e. The maximum Gasteiger partial charge on any atom is 0.257 e. The van der Waals surface area contributed by atoms with Crippen LogP contribution >= 0.6 is 11.3 Å². The molecule has 1 aliphatic carbocycles. The van der Waals surface area contributed by atoms with Gasteiger partial charge in [-0.25, -0.2) is 13.4 Å². The summed E-state index contributed by atoms with van der Waals surface area (Å²) in [5.74, 6) is -0.309. The highest BCUT2D eigenvalue weighted by Gasteiger charge is 2.30. The number of hydrogen-bond acceptors (Lipinski definition) is 5.